The van der Waals surface area contributed by atoms with Gasteiger partial charge in [0.15, 0.2) is 5.69 Å². The lowest BCUT2D eigenvalue weighted by Gasteiger charge is -2.13. The lowest BCUT2D eigenvalue weighted by molar-refractivity contribution is 0.787. The highest BCUT2D eigenvalue weighted by molar-refractivity contribution is 6.31. The van der Waals surface area contributed by atoms with Gasteiger partial charge in [-0.1, -0.05) is 17.7 Å². The van der Waals surface area contributed by atoms with Crippen molar-refractivity contribution < 1.29 is 0 Å². The molecule has 0 amide bonds. The summed E-state index contributed by atoms with van der Waals surface area (Å²) in [6.45, 7) is 3.63. The summed E-state index contributed by atoms with van der Waals surface area (Å²) in [5.41, 5.74) is 7.19. The molecule has 0 aliphatic rings. The van der Waals surface area contributed by atoms with Gasteiger partial charge >= 0.3 is 0 Å². The van der Waals surface area contributed by atoms with Gasteiger partial charge in [0.05, 0.1) is 5.69 Å². The Balaban J connectivity index is 2.76. The molecule has 1 aromatic carbocycles. The Morgan fingerprint density at radius 3 is 2.74 bits per heavy atom. The van der Waals surface area contributed by atoms with Gasteiger partial charge in [0.2, 0.25) is 5.43 Å². The number of nitrogen functional groups attached to an aromatic ring is 1. The topological polar surface area (TPSA) is 84.8 Å². The molecule has 0 atom stereocenters. The molecule has 0 radical (unpaired) electrons. The van der Waals surface area contributed by atoms with Crippen LogP contribution in [-0.4, -0.2) is 15.6 Å². The number of benzene rings is 1. The van der Waals surface area contributed by atoms with E-state index >= 15 is 0 Å². The number of nitrogens with two attached hydrogens (primary N) is 1. The average molecular weight is 277 g/mol. The molecule has 2 rings (SSSR count). The number of nitrogens with zero attached hydrogens (tertiary/aromatic N) is 2. The highest BCUT2D eigenvalue weighted by Gasteiger charge is 2.12. The molecule has 5 nitrogen and oxygen atoms in total. The Morgan fingerprint density at radius 1 is 1.42 bits per heavy atom. The third-order valence-electron chi connectivity index (χ3n) is 2.83. The Labute approximate surface area is 115 Å². The van der Waals surface area contributed by atoms with Gasteiger partial charge in [0.25, 0.3) is 0 Å². The Hall–Kier alpha value is -2.14. The lowest BCUT2D eigenvalue weighted by atomic mass is 10.2. The molecule has 6 heteroatoms. The van der Waals surface area contributed by atoms with Gasteiger partial charge in [0, 0.05) is 16.8 Å². The summed E-state index contributed by atoms with van der Waals surface area (Å²) in [4.78, 5) is 11.7. The van der Waals surface area contributed by atoms with E-state index in [1.54, 1.807) is 23.7 Å². The summed E-state index contributed by atoms with van der Waals surface area (Å²) in [5, 5.41) is 12.1. The van der Waals surface area contributed by atoms with Crippen LogP contribution < -0.4 is 11.2 Å². The van der Waals surface area contributed by atoms with Crippen molar-refractivity contribution >= 4 is 17.4 Å². The number of aryl methyl sites for hydroxylation is 1. The van der Waals surface area contributed by atoms with Crippen LogP contribution in [0.25, 0.3) is 5.69 Å². The van der Waals surface area contributed by atoms with Crippen LogP contribution in [0.15, 0.2) is 29.1 Å². The Bertz CT molecular complexity index is 721. The van der Waals surface area contributed by atoms with Crippen LogP contribution in [-0.2, 0) is 0 Å². The van der Waals surface area contributed by atoms with E-state index in [2.05, 4.69) is 5.10 Å². The second kappa shape index (κ2) is 4.85. The van der Waals surface area contributed by atoms with E-state index in [-0.39, 0.29) is 17.0 Å². The molecule has 0 saturated heterocycles. The number of rotatable bonds is 2. The van der Waals surface area contributed by atoms with Gasteiger partial charge in [-0.2, -0.15) is 5.10 Å². The van der Waals surface area contributed by atoms with E-state index in [0.717, 1.165) is 11.3 Å². The quantitative estimate of drug-likeness (QED) is 0.648. The van der Waals surface area contributed by atoms with Crippen LogP contribution in [0.2, 0.25) is 5.02 Å². The summed E-state index contributed by atoms with van der Waals surface area (Å²) < 4.78 is 1.57. The maximum atomic E-state index is 11.7. The second-order valence-corrected chi connectivity index (χ2v) is 4.62. The van der Waals surface area contributed by atoms with Crippen LogP contribution in [0.1, 0.15) is 17.0 Å². The molecule has 0 aliphatic heterocycles. The van der Waals surface area contributed by atoms with E-state index in [1.165, 1.54) is 6.07 Å². The normalized spacial score (nSPS) is 10.5. The van der Waals surface area contributed by atoms with E-state index < -0.39 is 0 Å². The molecule has 2 aromatic rings. The molecule has 0 saturated carbocycles. The van der Waals surface area contributed by atoms with Gasteiger partial charge in [0.1, 0.15) is 5.84 Å². The fourth-order valence-corrected chi connectivity index (χ4v) is 1.97. The molecule has 1 aromatic heterocycles. The summed E-state index contributed by atoms with van der Waals surface area (Å²) in [5.74, 6) is -0.349. The van der Waals surface area contributed by atoms with Crippen molar-refractivity contribution in [1.29, 1.82) is 5.41 Å². The Kier molecular flexibility index (Phi) is 3.40. The standard InChI is InChI=1S/C13H13ClN4O/c1-7-6-11(19)12(13(15)16)17-18(7)10-5-3-4-9(14)8(10)2/h3-6H,1-2H3,(H3,15,16). The first-order valence-corrected chi connectivity index (χ1v) is 6.00. The van der Waals surface area contributed by atoms with Crippen LogP contribution in [0.4, 0.5) is 0 Å². The minimum absolute atomic E-state index is 0.0648. The number of hydrogen-bond donors (Lipinski definition) is 2. The average Bonchev–Trinajstić information content (AvgIpc) is 2.33. The maximum absolute atomic E-state index is 11.7. The monoisotopic (exact) mass is 276 g/mol. The zero-order chi connectivity index (χ0) is 14.2. The molecule has 0 unspecified atom stereocenters. The van der Waals surface area contributed by atoms with Crippen LogP contribution in [0.5, 0.6) is 0 Å². The number of aromatic nitrogens is 2. The molecule has 1 heterocycles. The third-order valence-corrected chi connectivity index (χ3v) is 3.24. The van der Waals surface area contributed by atoms with Gasteiger partial charge in [-0.15, -0.1) is 0 Å². The number of halogens is 1. The molecule has 0 fully saturated rings. The first-order chi connectivity index (χ1) is 8.91. The smallest absolute Gasteiger partial charge is 0.211 e. The summed E-state index contributed by atoms with van der Waals surface area (Å²) in [7, 11) is 0. The van der Waals surface area contributed by atoms with E-state index in [9.17, 15) is 4.79 Å². The van der Waals surface area contributed by atoms with Gasteiger partial charge in [-0.25, -0.2) is 4.68 Å². The molecule has 3 N–H and O–H groups in total. The third kappa shape index (κ3) is 2.37. The lowest BCUT2D eigenvalue weighted by Crippen LogP contribution is -2.27. The van der Waals surface area contributed by atoms with E-state index in [4.69, 9.17) is 22.7 Å². The molecule has 19 heavy (non-hydrogen) atoms. The number of amidine groups is 1. The van der Waals surface area contributed by atoms with Crippen molar-refractivity contribution in [2.75, 3.05) is 0 Å². The first kappa shape index (κ1) is 13.3. The van der Waals surface area contributed by atoms with E-state index in [1.807, 2.05) is 13.0 Å². The first-order valence-electron chi connectivity index (χ1n) is 5.62. The molecule has 0 spiro atoms. The minimum atomic E-state index is -0.360. The minimum Gasteiger partial charge on any atom is -0.382 e. The fraction of sp³-hybridized carbons (Fsp3) is 0.154. The number of hydrogen-bond acceptors (Lipinski definition) is 3. The van der Waals surface area contributed by atoms with Gasteiger partial charge in [-0.3, -0.25) is 10.2 Å². The molecule has 98 valence electrons. The van der Waals surface area contributed by atoms with Crippen molar-refractivity contribution in [1.82, 2.24) is 9.78 Å². The molecule has 0 bridgehead atoms. The summed E-state index contributed by atoms with van der Waals surface area (Å²) in [6.07, 6.45) is 0. The fourth-order valence-electron chi connectivity index (χ4n) is 1.80. The molecular weight excluding hydrogens is 264 g/mol. The van der Waals surface area contributed by atoms with Crippen LogP contribution >= 0.6 is 11.6 Å². The molecular formula is C13H13ClN4O. The van der Waals surface area contributed by atoms with Crippen LogP contribution in [0.3, 0.4) is 0 Å². The second-order valence-electron chi connectivity index (χ2n) is 4.21. The zero-order valence-electron chi connectivity index (χ0n) is 10.6. The predicted octanol–water partition coefficient (Wildman–Crippen LogP) is 1.79. The van der Waals surface area contributed by atoms with Crippen LogP contribution in [0, 0.1) is 19.3 Å². The van der Waals surface area contributed by atoms with Crippen molar-refractivity contribution in [2.24, 2.45) is 5.73 Å². The highest BCUT2D eigenvalue weighted by atomic mass is 35.5. The zero-order valence-corrected chi connectivity index (χ0v) is 11.3. The number of nitrogens with one attached hydrogen (secondary N) is 1. The van der Waals surface area contributed by atoms with Crippen molar-refractivity contribution in [2.45, 2.75) is 13.8 Å². The van der Waals surface area contributed by atoms with Gasteiger partial charge < -0.3 is 5.73 Å². The summed E-state index contributed by atoms with van der Waals surface area (Å²) >= 11 is 6.08. The predicted molar refractivity (Wildman–Crippen MR) is 75.3 cm³/mol. The van der Waals surface area contributed by atoms with Crippen molar-refractivity contribution in [3.05, 3.63) is 56.5 Å². The molecule has 0 aliphatic carbocycles. The SMILES string of the molecule is Cc1c(Cl)cccc1-n1nc(C(=N)N)c(=O)cc1C. The largest absolute Gasteiger partial charge is 0.382 e. The van der Waals surface area contributed by atoms with Crippen molar-refractivity contribution in [3.8, 4) is 5.69 Å². The van der Waals surface area contributed by atoms with E-state index in [0.29, 0.717) is 10.7 Å². The Morgan fingerprint density at radius 2 is 2.11 bits per heavy atom. The van der Waals surface area contributed by atoms with Crippen molar-refractivity contribution in [3.63, 3.8) is 0 Å². The maximum Gasteiger partial charge on any atom is 0.211 e. The van der Waals surface area contributed by atoms with Gasteiger partial charge in [-0.05, 0) is 31.5 Å². The highest BCUT2D eigenvalue weighted by Crippen LogP contribution is 2.22. The summed E-state index contributed by atoms with van der Waals surface area (Å²) in [6, 6.07) is 6.83.